The molecule has 0 aliphatic heterocycles. The van der Waals surface area contributed by atoms with Gasteiger partial charge in [0.1, 0.15) is 12.1 Å². The Bertz CT molecular complexity index is 627. The van der Waals surface area contributed by atoms with Gasteiger partial charge in [-0.1, -0.05) is 17.7 Å². The number of para-hydroxylation sites is 1. The predicted molar refractivity (Wildman–Crippen MR) is 77.1 cm³/mol. The zero-order valence-electron chi connectivity index (χ0n) is 11.2. The van der Waals surface area contributed by atoms with Gasteiger partial charge in [0.15, 0.2) is 0 Å². The van der Waals surface area contributed by atoms with E-state index in [0.29, 0.717) is 10.5 Å². The van der Waals surface area contributed by atoms with Gasteiger partial charge in [-0.3, -0.25) is 4.79 Å². The van der Waals surface area contributed by atoms with Crippen molar-refractivity contribution in [3.63, 3.8) is 0 Å². The maximum atomic E-state index is 12.0. The monoisotopic (exact) mass is 280 g/mol. The summed E-state index contributed by atoms with van der Waals surface area (Å²) in [4.78, 5) is 16.1. The number of nitrogens with zero attached hydrogens (tertiary/aromatic N) is 2. The molecule has 0 aliphatic rings. The number of nitrogen functional groups attached to an aromatic ring is 1. The fourth-order valence-electron chi connectivity index (χ4n) is 1.90. The van der Waals surface area contributed by atoms with Crippen molar-refractivity contribution in [3.05, 3.63) is 23.2 Å². The van der Waals surface area contributed by atoms with Crippen LogP contribution in [0.15, 0.2) is 18.2 Å². The van der Waals surface area contributed by atoms with Gasteiger partial charge in [-0.2, -0.15) is 0 Å². The molecular formula is C13H17ClN4O. The molecule has 5 nitrogen and oxygen atoms in total. The maximum Gasteiger partial charge on any atom is 0.240 e. The SMILES string of the molecule is CC(C)(C)NC(=O)Cn1c(N)nc2c(Cl)cccc21. The highest BCUT2D eigenvalue weighted by Gasteiger charge is 2.17. The summed E-state index contributed by atoms with van der Waals surface area (Å²) in [5.74, 6) is 0.172. The Hall–Kier alpha value is -1.75. The first kappa shape index (κ1) is 13.7. The number of nitrogens with two attached hydrogens (primary N) is 1. The number of anilines is 1. The zero-order valence-corrected chi connectivity index (χ0v) is 12.0. The van der Waals surface area contributed by atoms with Crippen LogP contribution in [0, 0.1) is 0 Å². The molecule has 2 rings (SSSR count). The van der Waals surface area contributed by atoms with Crippen molar-refractivity contribution >= 4 is 34.5 Å². The van der Waals surface area contributed by atoms with Gasteiger partial charge in [0, 0.05) is 5.54 Å². The highest BCUT2D eigenvalue weighted by Crippen LogP contribution is 2.24. The van der Waals surface area contributed by atoms with Gasteiger partial charge in [-0.25, -0.2) is 4.98 Å². The van der Waals surface area contributed by atoms with Crippen LogP contribution in [0.1, 0.15) is 20.8 Å². The van der Waals surface area contributed by atoms with Gasteiger partial charge >= 0.3 is 0 Å². The summed E-state index contributed by atoms with van der Waals surface area (Å²) in [7, 11) is 0. The van der Waals surface area contributed by atoms with E-state index < -0.39 is 0 Å². The molecule has 6 heteroatoms. The van der Waals surface area contributed by atoms with Crippen molar-refractivity contribution in [3.8, 4) is 0 Å². The Morgan fingerprint density at radius 3 is 2.79 bits per heavy atom. The van der Waals surface area contributed by atoms with E-state index in [0.717, 1.165) is 5.52 Å². The van der Waals surface area contributed by atoms with Gasteiger partial charge in [-0.15, -0.1) is 0 Å². The lowest BCUT2D eigenvalue weighted by Gasteiger charge is -2.20. The summed E-state index contributed by atoms with van der Waals surface area (Å²) in [5, 5.41) is 3.41. The molecule has 0 saturated heterocycles. The Labute approximate surface area is 116 Å². The Morgan fingerprint density at radius 1 is 1.47 bits per heavy atom. The van der Waals surface area contributed by atoms with Crippen LogP contribution in [0.25, 0.3) is 11.0 Å². The highest BCUT2D eigenvalue weighted by molar-refractivity contribution is 6.35. The number of aromatic nitrogens is 2. The van der Waals surface area contributed by atoms with Crippen molar-refractivity contribution in [2.45, 2.75) is 32.9 Å². The second-order valence-corrected chi connectivity index (χ2v) is 5.87. The number of benzene rings is 1. The van der Waals surface area contributed by atoms with Crippen LogP contribution in [0.4, 0.5) is 5.95 Å². The van der Waals surface area contributed by atoms with Gasteiger partial charge in [0.2, 0.25) is 11.9 Å². The topological polar surface area (TPSA) is 72.9 Å². The summed E-state index contributed by atoms with van der Waals surface area (Å²) < 4.78 is 1.66. The lowest BCUT2D eigenvalue weighted by Crippen LogP contribution is -2.42. The first-order chi connectivity index (χ1) is 8.78. The third-order valence-electron chi connectivity index (χ3n) is 2.58. The third kappa shape index (κ3) is 2.98. The number of carbonyl (C=O) groups is 1. The normalized spacial score (nSPS) is 11.8. The van der Waals surface area contributed by atoms with Gasteiger partial charge < -0.3 is 15.6 Å². The molecule has 0 unspecified atom stereocenters. The number of halogens is 1. The average molecular weight is 281 g/mol. The number of rotatable bonds is 2. The van der Waals surface area contributed by atoms with Crippen molar-refractivity contribution in [1.82, 2.24) is 14.9 Å². The van der Waals surface area contributed by atoms with Crippen LogP contribution in [0.2, 0.25) is 5.02 Å². The molecule has 0 spiro atoms. The fraction of sp³-hybridized carbons (Fsp3) is 0.385. The number of imidazole rings is 1. The molecule has 1 aromatic heterocycles. The lowest BCUT2D eigenvalue weighted by molar-refractivity contribution is -0.122. The minimum atomic E-state index is -0.278. The fourth-order valence-corrected chi connectivity index (χ4v) is 2.11. The van der Waals surface area contributed by atoms with Crippen LogP contribution in [-0.2, 0) is 11.3 Å². The van der Waals surface area contributed by atoms with Crippen LogP contribution in [0.5, 0.6) is 0 Å². The molecule has 0 saturated carbocycles. The second kappa shape index (κ2) is 4.74. The molecular weight excluding hydrogens is 264 g/mol. The average Bonchev–Trinajstić information content (AvgIpc) is 2.55. The summed E-state index contributed by atoms with van der Waals surface area (Å²) in [5.41, 5.74) is 6.94. The smallest absolute Gasteiger partial charge is 0.240 e. The third-order valence-corrected chi connectivity index (χ3v) is 2.88. The number of nitrogens with one attached hydrogen (secondary N) is 1. The van der Waals surface area contributed by atoms with E-state index in [1.807, 2.05) is 32.9 Å². The minimum Gasteiger partial charge on any atom is -0.369 e. The molecule has 0 bridgehead atoms. The van der Waals surface area contributed by atoms with Crippen LogP contribution >= 0.6 is 11.6 Å². The lowest BCUT2D eigenvalue weighted by atomic mass is 10.1. The standard InChI is InChI=1S/C13H17ClN4O/c1-13(2,3)17-10(19)7-18-9-6-4-5-8(14)11(9)16-12(18)15/h4-6H,7H2,1-3H3,(H2,15,16)(H,17,19). The van der Waals surface area contributed by atoms with Crippen LogP contribution < -0.4 is 11.1 Å². The maximum absolute atomic E-state index is 12.0. The number of fused-ring (bicyclic) bond motifs is 1. The van der Waals surface area contributed by atoms with Crippen LogP contribution in [0.3, 0.4) is 0 Å². The Balaban J connectivity index is 2.33. The van der Waals surface area contributed by atoms with E-state index in [2.05, 4.69) is 10.3 Å². The van der Waals surface area contributed by atoms with E-state index in [4.69, 9.17) is 17.3 Å². The predicted octanol–water partition coefficient (Wildman–Crippen LogP) is 2.19. The molecule has 0 radical (unpaired) electrons. The quantitative estimate of drug-likeness (QED) is 0.886. The zero-order chi connectivity index (χ0) is 14.2. The van der Waals surface area contributed by atoms with Crippen molar-refractivity contribution in [2.24, 2.45) is 0 Å². The molecule has 102 valence electrons. The van der Waals surface area contributed by atoms with Gasteiger partial charge in [0.25, 0.3) is 0 Å². The van der Waals surface area contributed by atoms with E-state index in [1.165, 1.54) is 0 Å². The number of hydrogen-bond acceptors (Lipinski definition) is 3. The molecule has 1 heterocycles. The molecule has 2 aromatic rings. The summed E-state index contributed by atoms with van der Waals surface area (Å²) in [6, 6.07) is 5.40. The Kier molecular flexibility index (Phi) is 3.41. The number of carbonyl (C=O) groups excluding carboxylic acids is 1. The highest BCUT2D eigenvalue weighted by atomic mass is 35.5. The summed E-state index contributed by atoms with van der Waals surface area (Å²) in [6.45, 7) is 5.91. The van der Waals surface area contributed by atoms with Gasteiger partial charge in [-0.05, 0) is 32.9 Å². The molecule has 1 amide bonds. The van der Waals surface area contributed by atoms with Gasteiger partial charge in [0.05, 0.1) is 10.5 Å². The number of hydrogen-bond donors (Lipinski definition) is 2. The van der Waals surface area contributed by atoms with Crippen LogP contribution in [-0.4, -0.2) is 21.0 Å². The molecule has 19 heavy (non-hydrogen) atoms. The first-order valence-corrected chi connectivity index (χ1v) is 6.37. The molecule has 0 atom stereocenters. The van der Waals surface area contributed by atoms with E-state index in [1.54, 1.807) is 10.6 Å². The van der Waals surface area contributed by atoms with E-state index in [-0.39, 0.29) is 23.9 Å². The second-order valence-electron chi connectivity index (χ2n) is 5.46. The molecule has 0 aliphatic carbocycles. The first-order valence-electron chi connectivity index (χ1n) is 5.99. The number of amides is 1. The molecule has 1 aromatic carbocycles. The summed E-state index contributed by atoms with van der Waals surface area (Å²) in [6.07, 6.45) is 0. The van der Waals surface area contributed by atoms with E-state index >= 15 is 0 Å². The summed E-state index contributed by atoms with van der Waals surface area (Å²) >= 11 is 6.05. The van der Waals surface area contributed by atoms with E-state index in [9.17, 15) is 4.79 Å². The largest absolute Gasteiger partial charge is 0.369 e. The molecule has 0 fully saturated rings. The van der Waals surface area contributed by atoms with Crippen molar-refractivity contribution in [2.75, 3.05) is 5.73 Å². The van der Waals surface area contributed by atoms with Crippen molar-refractivity contribution < 1.29 is 4.79 Å². The Morgan fingerprint density at radius 2 is 2.16 bits per heavy atom. The molecule has 3 N–H and O–H groups in total. The van der Waals surface area contributed by atoms with Crippen molar-refractivity contribution in [1.29, 1.82) is 0 Å². The minimum absolute atomic E-state index is 0.113.